The Kier molecular flexibility index (Phi) is 9.29. The molecule has 1 saturated carbocycles. The molecule has 0 aliphatic heterocycles. The summed E-state index contributed by atoms with van der Waals surface area (Å²) in [5.74, 6) is 1.74. The van der Waals surface area contributed by atoms with Crippen LogP contribution in [0.5, 0.6) is 5.75 Å². The monoisotopic (exact) mass is 533 g/mol. The van der Waals surface area contributed by atoms with Crippen molar-refractivity contribution in [1.82, 2.24) is 0 Å². The normalized spacial score (nSPS) is 20.3. The van der Waals surface area contributed by atoms with Crippen LogP contribution in [0.3, 0.4) is 0 Å². The zero-order valence-electron chi connectivity index (χ0n) is 23.1. The first kappa shape index (κ1) is 29.7. The highest BCUT2D eigenvalue weighted by atomic mass is 19.4. The number of halogens is 3. The number of nitrogens with one attached hydrogen (secondary N) is 1. The molecule has 38 heavy (non-hydrogen) atoms. The molecule has 0 saturated heterocycles. The Morgan fingerprint density at radius 1 is 1.16 bits per heavy atom. The van der Waals surface area contributed by atoms with Gasteiger partial charge in [0.15, 0.2) is 0 Å². The largest absolute Gasteiger partial charge is 0.573 e. The topological polar surface area (TPSA) is 70.8 Å². The van der Waals surface area contributed by atoms with Gasteiger partial charge in [-0.25, -0.2) is 0 Å². The van der Waals surface area contributed by atoms with Gasteiger partial charge in [0.2, 0.25) is 0 Å². The molecule has 0 spiro atoms. The number of benzene rings is 2. The van der Waals surface area contributed by atoms with Crippen LogP contribution in [0.15, 0.2) is 54.9 Å². The zero-order chi connectivity index (χ0) is 28.3. The summed E-state index contributed by atoms with van der Waals surface area (Å²) in [6.45, 7) is 14.7. The summed E-state index contributed by atoms with van der Waals surface area (Å²) >= 11 is 0. The van der Waals surface area contributed by atoms with Gasteiger partial charge in [-0.3, -0.25) is 0 Å². The first-order valence-electron chi connectivity index (χ1n) is 13.3. The molecule has 0 bridgehead atoms. The average Bonchev–Trinajstić information content (AvgIpc) is 2.79. The number of hydrogen-bond acceptors (Lipinski definition) is 5. The quantitative estimate of drug-likeness (QED) is 0.273. The van der Waals surface area contributed by atoms with E-state index in [9.17, 15) is 18.3 Å². The van der Waals surface area contributed by atoms with E-state index in [-0.39, 0.29) is 11.8 Å². The summed E-state index contributed by atoms with van der Waals surface area (Å²) in [4.78, 5) is 2.18. The van der Waals surface area contributed by atoms with Crippen molar-refractivity contribution in [3.05, 3.63) is 60.4 Å². The maximum atomic E-state index is 12.6. The van der Waals surface area contributed by atoms with Crippen LogP contribution in [-0.4, -0.2) is 23.1 Å². The molecular weight excluding hydrogens is 491 g/mol. The van der Waals surface area contributed by atoms with Crippen LogP contribution in [0.2, 0.25) is 0 Å². The van der Waals surface area contributed by atoms with Gasteiger partial charge in [-0.1, -0.05) is 39.8 Å². The lowest BCUT2D eigenvalue weighted by atomic mass is 9.73. The van der Waals surface area contributed by atoms with Gasteiger partial charge in [0.1, 0.15) is 11.6 Å². The maximum absolute atomic E-state index is 12.6. The van der Waals surface area contributed by atoms with Crippen molar-refractivity contribution < 1.29 is 23.0 Å². The summed E-state index contributed by atoms with van der Waals surface area (Å²) in [7, 11) is 0. The van der Waals surface area contributed by atoms with Crippen LogP contribution in [0.1, 0.15) is 65.9 Å². The van der Waals surface area contributed by atoms with Gasteiger partial charge in [-0.15, -0.1) is 13.2 Å². The van der Waals surface area contributed by atoms with Gasteiger partial charge in [0.25, 0.3) is 0 Å². The van der Waals surface area contributed by atoms with Gasteiger partial charge in [-0.05, 0) is 99.2 Å². The molecule has 3 rings (SSSR count). The Bertz CT molecular complexity index is 1080. The van der Waals surface area contributed by atoms with Crippen LogP contribution >= 0.6 is 0 Å². The summed E-state index contributed by atoms with van der Waals surface area (Å²) < 4.78 is 41.7. The highest BCUT2D eigenvalue weighted by Crippen LogP contribution is 2.41. The Labute approximate surface area is 224 Å². The molecule has 2 aromatic rings. The summed E-state index contributed by atoms with van der Waals surface area (Å²) in [6.07, 6.45) is -0.182. The van der Waals surface area contributed by atoms with Crippen molar-refractivity contribution in [1.29, 1.82) is 0 Å². The number of nitrogen functional groups attached to an aromatic ring is 1. The lowest BCUT2D eigenvalue weighted by Gasteiger charge is -2.46. The molecule has 0 aromatic heterocycles. The highest BCUT2D eigenvalue weighted by Gasteiger charge is 2.37. The van der Waals surface area contributed by atoms with E-state index in [4.69, 9.17) is 5.73 Å². The van der Waals surface area contributed by atoms with Crippen molar-refractivity contribution in [2.75, 3.05) is 16.0 Å². The van der Waals surface area contributed by atoms with Crippen LogP contribution in [-0.2, 0) is 6.42 Å². The van der Waals surface area contributed by atoms with Crippen molar-refractivity contribution in [3.8, 4) is 5.75 Å². The van der Waals surface area contributed by atoms with E-state index in [1.165, 1.54) is 30.7 Å². The van der Waals surface area contributed by atoms with Gasteiger partial charge >= 0.3 is 6.36 Å². The molecule has 1 aliphatic carbocycles. The number of aliphatic hydroxyl groups is 1. The van der Waals surface area contributed by atoms with E-state index >= 15 is 0 Å². The second-order valence-corrected chi connectivity index (χ2v) is 11.6. The number of nitrogens with two attached hydrogens (primary N) is 1. The van der Waals surface area contributed by atoms with Gasteiger partial charge in [0, 0.05) is 11.7 Å². The van der Waals surface area contributed by atoms with E-state index in [0.717, 1.165) is 24.1 Å². The Balaban J connectivity index is 1.93. The predicted octanol–water partition coefficient (Wildman–Crippen LogP) is 7.72. The summed E-state index contributed by atoms with van der Waals surface area (Å²) in [6, 6.07) is 11.8. The first-order valence-corrected chi connectivity index (χ1v) is 13.3. The molecule has 3 atom stereocenters. The van der Waals surface area contributed by atoms with Crippen molar-refractivity contribution in [2.45, 2.75) is 84.7 Å². The molecular formula is C30H42F3N3O2. The number of alkyl halides is 3. The van der Waals surface area contributed by atoms with Crippen LogP contribution in [0, 0.1) is 17.8 Å². The number of nitrogens with zero attached hydrogens (tertiary/aromatic N) is 1. The summed E-state index contributed by atoms with van der Waals surface area (Å²) in [5.41, 5.74) is 8.98. The molecule has 4 N–H and O–H groups in total. The average molecular weight is 534 g/mol. The minimum Gasteiger partial charge on any atom is -0.406 e. The number of anilines is 3. The van der Waals surface area contributed by atoms with E-state index in [2.05, 4.69) is 42.3 Å². The zero-order valence-corrected chi connectivity index (χ0v) is 23.1. The molecule has 8 heteroatoms. The summed E-state index contributed by atoms with van der Waals surface area (Å²) in [5, 5.41) is 13.4. The fourth-order valence-electron chi connectivity index (χ4n) is 5.37. The fourth-order valence-corrected chi connectivity index (χ4v) is 5.37. The van der Waals surface area contributed by atoms with E-state index < -0.39 is 12.0 Å². The van der Waals surface area contributed by atoms with Crippen LogP contribution in [0.4, 0.5) is 30.2 Å². The molecule has 1 fully saturated rings. The number of rotatable bonds is 10. The lowest BCUT2D eigenvalue weighted by Crippen LogP contribution is -2.47. The molecule has 0 unspecified atom stereocenters. The minimum absolute atomic E-state index is 0.149. The molecule has 1 aliphatic rings. The standard InChI is InChI=1S/C30H42F3N3O2/c1-19(2)25-13-7-20(3)17-28(25)36(27-14-8-22(18-26(27)34)15-16-29(5,6)37)21(4)35-23-9-11-24(12-10-23)38-30(31,32)33/h8-12,14,18-20,25,28,35,37H,4,7,13,15-17,34H2,1-3,5-6H3/t20-,25+,28-/m1/s1. The second kappa shape index (κ2) is 11.9. The molecule has 0 heterocycles. The Morgan fingerprint density at radius 2 is 1.82 bits per heavy atom. The minimum atomic E-state index is -4.74. The SMILES string of the molecule is C=C(Nc1ccc(OC(F)(F)F)cc1)N(c1ccc(CCC(C)(C)O)cc1N)[C@@H]1C[C@H](C)CC[C@H]1C(C)C. The highest BCUT2D eigenvalue weighted by molar-refractivity contribution is 5.73. The smallest absolute Gasteiger partial charge is 0.406 e. The van der Waals surface area contributed by atoms with Gasteiger partial charge in [0.05, 0.1) is 17.0 Å². The number of aryl methyl sites for hydroxylation is 1. The molecule has 0 radical (unpaired) electrons. The Morgan fingerprint density at radius 3 is 2.37 bits per heavy atom. The lowest BCUT2D eigenvalue weighted by molar-refractivity contribution is -0.274. The Hall–Kier alpha value is -2.87. The van der Waals surface area contributed by atoms with E-state index in [0.29, 0.717) is 47.8 Å². The second-order valence-electron chi connectivity index (χ2n) is 11.6. The third-order valence-electron chi connectivity index (χ3n) is 7.36. The third kappa shape index (κ3) is 8.32. The molecule has 0 amide bonds. The maximum Gasteiger partial charge on any atom is 0.573 e. The van der Waals surface area contributed by atoms with Crippen LogP contribution < -0.4 is 20.7 Å². The fraction of sp³-hybridized carbons (Fsp3) is 0.533. The van der Waals surface area contributed by atoms with Crippen molar-refractivity contribution in [2.24, 2.45) is 17.8 Å². The van der Waals surface area contributed by atoms with E-state index in [1.807, 2.05) is 18.2 Å². The van der Waals surface area contributed by atoms with Crippen molar-refractivity contribution >= 4 is 17.1 Å². The third-order valence-corrected chi connectivity index (χ3v) is 7.36. The predicted molar refractivity (Wildman–Crippen MR) is 149 cm³/mol. The van der Waals surface area contributed by atoms with Gasteiger partial charge < -0.3 is 25.8 Å². The molecule has 5 nitrogen and oxygen atoms in total. The number of hydrogen-bond donors (Lipinski definition) is 3. The first-order chi connectivity index (χ1) is 17.6. The molecule has 210 valence electrons. The number of ether oxygens (including phenoxy) is 1. The van der Waals surface area contributed by atoms with Gasteiger partial charge in [-0.2, -0.15) is 0 Å². The van der Waals surface area contributed by atoms with E-state index in [1.54, 1.807) is 13.8 Å². The van der Waals surface area contributed by atoms with Crippen LogP contribution in [0.25, 0.3) is 0 Å². The molecule has 2 aromatic carbocycles. The van der Waals surface area contributed by atoms with Crippen molar-refractivity contribution in [3.63, 3.8) is 0 Å².